The van der Waals surface area contributed by atoms with Gasteiger partial charge in [-0.2, -0.15) is 0 Å². The maximum Gasteiger partial charge on any atom is 0.279 e. The molecule has 1 heterocycles. The third-order valence-corrected chi connectivity index (χ3v) is 5.05. The predicted octanol–water partition coefficient (Wildman–Crippen LogP) is 4.16. The summed E-state index contributed by atoms with van der Waals surface area (Å²) < 4.78 is 11.4. The number of benzene rings is 2. The Bertz CT molecular complexity index is 1060. The highest BCUT2D eigenvalue weighted by molar-refractivity contribution is 6.30. The summed E-state index contributed by atoms with van der Waals surface area (Å²) in [6.45, 7) is 5.52. The van der Waals surface area contributed by atoms with Gasteiger partial charge in [-0.05, 0) is 62.2 Å². The topological polar surface area (TPSA) is 93.5 Å². The number of halogens is 1. The smallest absolute Gasteiger partial charge is 0.279 e. The first-order valence-electron chi connectivity index (χ1n) is 9.85. The van der Waals surface area contributed by atoms with Crippen molar-refractivity contribution in [1.29, 1.82) is 0 Å². The molecule has 0 saturated heterocycles. The lowest BCUT2D eigenvalue weighted by atomic mass is 10.1. The second kappa shape index (κ2) is 10.1. The lowest BCUT2D eigenvalue weighted by Gasteiger charge is -2.17. The lowest BCUT2D eigenvalue weighted by Crippen LogP contribution is -2.47. The molecule has 7 nitrogen and oxygen atoms in total. The average Bonchev–Trinajstić information content (AvgIpc) is 3.23. The van der Waals surface area contributed by atoms with Gasteiger partial charge in [-0.25, -0.2) is 4.98 Å². The van der Waals surface area contributed by atoms with Gasteiger partial charge in [0.1, 0.15) is 5.75 Å². The molecule has 3 aromatic rings. The number of carbonyl (C=O) groups is 2. The highest BCUT2D eigenvalue weighted by atomic mass is 35.5. The van der Waals surface area contributed by atoms with E-state index in [1.54, 1.807) is 31.3 Å². The SMILES string of the molecule is Cc1cccc(OC(C)C(=O)NNC(=O)CCc2ncc(-c3ccc(Cl)cc3)o2)c1C. The zero-order valence-electron chi connectivity index (χ0n) is 17.6. The van der Waals surface area contributed by atoms with Gasteiger partial charge in [-0.1, -0.05) is 23.7 Å². The van der Waals surface area contributed by atoms with E-state index in [1.165, 1.54) is 0 Å². The molecule has 1 unspecified atom stereocenters. The van der Waals surface area contributed by atoms with Crippen LogP contribution in [0.3, 0.4) is 0 Å². The molecule has 0 radical (unpaired) electrons. The Balaban J connectivity index is 1.44. The Kier molecular flexibility index (Phi) is 7.31. The van der Waals surface area contributed by atoms with Gasteiger partial charge in [-0.15, -0.1) is 0 Å². The van der Waals surface area contributed by atoms with Crippen LogP contribution in [0.15, 0.2) is 53.1 Å². The van der Waals surface area contributed by atoms with Crippen molar-refractivity contribution in [3.05, 3.63) is 70.7 Å². The molecule has 8 heteroatoms. The van der Waals surface area contributed by atoms with Gasteiger partial charge in [0.15, 0.2) is 17.8 Å². The summed E-state index contributed by atoms with van der Waals surface area (Å²) in [7, 11) is 0. The van der Waals surface area contributed by atoms with Crippen LogP contribution in [0.25, 0.3) is 11.3 Å². The number of aromatic nitrogens is 1. The normalized spacial score (nSPS) is 11.6. The van der Waals surface area contributed by atoms with Crippen molar-refractivity contribution in [2.24, 2.45) is 0 Å². The fourth-order valence-corrected chi connectivity index (χ4v) is 2.91. The van der Waals surface area contributed by atoms with Crippen molar-refractivity contribution in [1.82, 2.24) is 15.8 Å². The van der Waals surface area contributed by atoms with Crippen molar-refractivity contribution in [2.45, 2.75) is 39.7 Å². The van der Waals surface area contributed by atoms with Crippen molar-refractivity contribution in [3.63, 3.8) is 0 Å². The van der Waals surface area contributed by atoms with E-state index in [4.69, 9.17) is 20.8 Å². The summed E-state index contributed by atoms with van der Waals surface area (Å²) in [5.41, 5.74) is 7.66. The first-order chi connectivity index (χ1) is 14.8. The van der Waals surface area contributed by atoms with E-state index in [-0.39, 0.29) is 12.3 Å². The van der Waals surface area contributed by atoms with Gasteiger partial charge >= 0.3 is 0 Å². The summed E-state index contributed by atoms with van der Waals surface area (Å²) in [6, 6.07) is 12.8. The summed E-state index contributed by atoms with van der Waals surface area (Å²) in [5, 5.41) is 0.635. The highest BCUT2D eigenvalue weighted by Crippen LogP contribution is 2.23. The van der Waals surface area contributed by atoms with E-state index in [0.717, 1.165) is 16.7 Å². The van der Waals surface area contributed by atoms with Crippen molar-refractivity contribution in [3.8, 4) is 17.1 Å². The maximum absolute atomic E-state index is 12.2. The largest absolute Gasteiger partial charge is 0.481 e. The van der Waals surface area contributed by atoms with E-state index in [2.05, 4.69) is 15.8 Å². The molecule has 2 amide bonds. The Labute approximate surface area is 185 Å². The highest BCUT2D eigenvalue weighted by Gasteiger charge is 2.17. The van der Waals surface area contributed by atoms with Crippen LogP contribution in [0.5, 0.6) is 5.75 Å². The number of carbonyl (C=O) groups excluding carboxylic acids is 2. The van der Waals surface area contributed by atoms with Gasteiger partial charge in [0, 0.05) is 23.4 Å². The molecule has 1 aromatic heterocycles. The number of hydrazine groups is 1. The van der Waals surface area contributed by atoms with Crippen LogP contribution in [0, 0.1) is 13.8 Å². The molecule has 2 aromatic carbocycles. The summed E-state index contributed by atoms with van der Waals surface area (Å²) in [4.78, 5) is 28.5. The molecule has 0 aliphatic carbocycles. The average molecular weight is 442 g/mol. The monoisotopic (exact) mass is 441 g/mol. The molecular weight excluding hydrogens is 418 g/mol. The molecule has 0 aliphatic rings. The van der Waals surface area contributed by atoms with Crippen LogP contribution < -0.4 is 15.6 Å². The van der Waals surface area contributed by atoms with Crippen molar-refractivity contribution >= 4 is 23.4 Å². The van der Waals surface area contributed by atoms with E-state index < -0.39 is 12.0 Å². The van der Waals surface area contributed by atoms with E-state index in [0.29, 0.717) is 28.8 Å². The summed E-state index contributed by atoms with van der Waals surface area (Å²) >= 11 is 5.89. The standard InChI is InChI=1S/C23H24ClN3O4/c1-14-5-4-6-19(15(14)2)30-16(3)23(29)27-26-21(28)11-12-22-25-13-20(31-22)17-7-9-18(24)10-8-17/h4-10,13,16H,11-12H2,1-3H3,(H,26,28)(H,27,29). The number of hydrogen-bond acceptors (Lipinski definition) is 5. The van der Waals surface area contributed by atoms with E-state index in [9.17, 15) is 9.59 Å². The number of aryl methyl sites for hydroxylation is 2. The molecule has 2 N–H and O–H groups in total. The minimum atomic E-state index is -0.769. The Morgan fingerprint density at radius 3 is 2.61 bits per heavy atom. The minimum Gasteiger partial charge on any atom is -0.481 e. The number of nitrogens with zero attached hydrogens (tertiary/aromatic N) is 1. The van der Waals surface area contributed by atoms with Gasteiger partial charge in [-0.3, -0.25) is 20.4 Å². The summed E-state index contributed by atoms with van der Waals surface area (Å²) in [6.07, 6.45) is 1.23. The lowest BCUT2D eigenvalue weighted by molar-refractivity contribution is -0.132. The molecule has 0 saturated carbocycles. The molecule has 31 heavy (non-hydrogen) atoms. The van der Waals surface area contributed by atoms with Crippen molar-refractivity contribution in [2.75, 3.05) is 0 Å². The van der Waals surface area contributed by atoms with Crippen LogP contribution in [0.1, 0.15) is 30.4 Å². The first kappa shape index (κ1) is 22.4. The molecule has 0 spiro atoms. The molecule has 1 atom stereocenters. The van der Waals surface area contributed by atoms with Crippen LogP contribution >= 0.6 is 11.6 Å². The van der Waals surface area contributed by atoms with Crippen molar-refractivity contribution < 1.29 is 18.7 Å². The van der Waals surface area contributed by atoms with E-state index >= 15 is 0 Å². The Morgan fingerprint density at radius 1 is 1.13 bits per heavy atom. The van der Waals surface area contributed by atoms with Crippen LogP contribution in [0.4, 0.5) is 0 Å². The molecule has 0 fully saturated rings. The third-order valence-electron chi connectivity index (χ3n) is 4.80. The molecule has 0 aliphatic heterocycles. The first-order valence-corrected chi connectivity index (χ1v) is 10.2. The van der Waals surface area contributed by atoms with Gasteiger partial charge in [0.25, 0.3) is 5.91 Å². The Morgan fingerprint density at radius 2 is 1.87 bits per heavy atom. The molecule has 3 rings (SSSR count). The fourth-order valence-electron chi connectivity index (χ4n) is 2.79. The van der Waals surface area contributed by atoms with Crippen LogP contribution in [-0.4, -0.2) is 22.9 Å². The Hall–Kier alpha value is -3.32. The number of rotatable bonds is 7. The fraction of sp³-hybridized carbons (Fsp3) is 0.261. The molecule has 162 valence electrons. The second-order valence-corrected chi connectivity index (χ2v) is 7.56. The third kappa shape index (κ3) is 6.08. The number of oxazole rings is 1. The predicted molar refractivity (Wildman–Crippen MR) is 118 cm³/mol. The van der Waals surface area contributed by atoms with Gasteiger partial charge < -0.3 is 9.15 Å². The van der Waals surface area contributed by atoms with Crippen LogP contribution in [0.2, 0.25) is 5.02 Å². The maximum atomic E-state index is 12.2. The minimum absolute atomic E-state index is 0.104. The molecular formula is C23H24ClN3O4. The molecule has 0 bridgehead atoms. The second-order valence-electron chi connectivity index (χ2n) is 7.12. The summed E-state index contributed by atoms with van der Waals surface area (Å²) in [5.74, 6) is 0.846. The van der Waals surface area contributed by atoms with Crippen LogP contribution in [-0.2, 0) is 16.0 Å². The number of hydrogen-bond donors (Lipinski definition) is 2. The number of ether oxygens (including phenoxy) is 1. The van der Waals surface area contributed by atoms with Gasteiger partial charge in [0.05, 0.1) is 6.20 Å². The number of nitrogens with one attached hydrogen (secondary N) is 2. The zero-order valence-corrected chi connectivity index (χ0v) is 18.3. The van der Waals surface area contributed by atoms with Gasteiger partial charge in [0.2, 0.25) is 5.91 Å². The quantitative estimate of drug-likeness (QED) is 0.537. The zero-order chi connectivity index (χ0) is 22.4. The van der Waals surface area contributed by atoms with E-state index in [1.807, 2.05) is 38.1 Å². The number of amides is 2.